The summed E-state index contributed by atoms with van der Waals surface area (Å²) in [5, 5.41) is 18.5. The minimum absolute atomic E-state index is 0.0237. The van der Waals surface area contributed by atoms with Crippen LogP contribution in [0.4, 0.5) is 4.39 Å². The number of rotatable bonds is 7. The van der Waals surface area contributed by atoms with Crippen LogP contribution in [0.2, 0.25) is 0 Å². The molecule has 0 spiro atoms. The number of aromatic hydroxyl groups is 1. The number of carbonyl (C=O) groups is 1. The SMILES string of the molecule is CCCC(O)CC(=O)CCc1ccc(O)c(F)c1. The molecule has 4 heteroatoms. The van der Waals surface area contributed by atoms with Crippen molar-refractivity contribution in [3.63, 3.8) is 0 Å². The third kappa shape index (κ3) is 4.84. The molecule has 0 radical (unpaired) electrons. The molecule has 100 valence electrons. The summed E-state index contributed by atoms with van der Waals surface area (Å²) in [6.45, 7) is 1.95. The molecule has 1 atom stereocenters. The molecule has 0 saturated heterocycles. The molecule has 0 saturated carbocycles. The third-order valence-corrected chi connectivity index (χ3v) is 2.79. The average molecular weight is 254 g/mol. The first kappa shape index (κ1) is 14.6. The van der Waals surface area contributed by atoms with Crippen LogP contribution in [0.5, 0.6) is 5.75 Å². The Balaban J connectivity index is 2.40. The summed E-state index contributed by atoms with van der Waals surface area (Å²) in [6.07, 6.45) is 1.77. The Labute approximate surface area is 106 Å². The fraction of sp³-hybridized carbons (Fsp3) is 0.500. The van der Waals surface area contributed by atoms with Crippen molar-refractivity contribution in [3.8, 4) is 5.75 Å². The quantitative estimate of drug-likeness (QED) is 0.786. The fourth-order valence-corrected chi connectivity index (χ4v) is 1.79. The zero-order chi connectivity index (χ0) is 13.5. The van der Waals surface area contributed by atoms with Crippen molar-refractivity contribution in [2.24, 2.45) is 0 Å². The highest BCUT2D eigenvalue weighted by Gasteiger charge is 2.10. The number of benzene rings is 1. The number of hydrogen-bond donors (Lipinski definition) is 2. The van der Waals surface area contributed by atoms with E-state index in [1.165, 1.54) is 12.1 Å². The van der Waals surface area contributed by atoms with Crippen molar-refractivity contribution in [1.82, 2.24) is 0 Å². The van der Waals surface area contributed by atoms with Crippen molar-refractivity contribution in [1.29, 1.82) is 0 Å². The lowest BCUT2D eigenvalue weighted by molar-refractivity contribution is -0.121. The van der Waals surface area contributed by atoms with Gasteiger partial charge in [0.05, 0.1) is 6.10 Å². The Kier molecular flexibility index (Phi) is 5.78. The maximum absolute atomic E-state index is 13.0. The van der Waals surface area contributed by atoms with E-state index < -0.39 is 11.9 Å². The van der Waals surface area contributed by atoms with Crippen LogP contribution in [0, 0.1) is 5.82 Å². The second kappa shape index (κ2) is 7.11. The monoisotopic (exact) mass is 254 g/mol. The highest BCUT2D eigenvalue weighted by atomic mass is 19.1. The fourth-order valence-electron chi connectivity index (χ4n) is 1.79. The topological polar surface area (TPSA) is 57.5 Å². The molecule has 0 aliphatic carbocycles. The smallest absolute Gasteiger partial charge is 0.165 e. The lowest BCUT2D eigenvalue weighted by atomic mass is 10.0. The van der Waals surface area contributed by atoms with Crippen LogP contribution in [-0.2, 0) is 11.2 Å². The lowest BCUT2D eigenvalue weighted by Crippen LogP contribution is -2.13. The van der Waals surface area contributed by atoms with Gasteiger partial charge >= 0.3 is 0 Å². The molecule has 18 heavy (non-hydrogen) atoms. The second-order valence-electron chi connectivity index (χ2n) is 4.47. The average Bonchev–Trinajstić information content (AvgIpc) is 2.31. The molecule has 1 aromatic rings. The Morgan fingerprint density at radius 2 is 2.17 bits per heavy atom. The molecule has 1 rings (SSSR count). The number of phenolic OH excluding ortho intramolecular Hbond substituents is 1. The van der Waals surface area contributed by atoms with Crippen molar-refractivity contribution in [2.45, 2.75) is 45.1 Å². The van der Waals surface area contributed by atoms with E-state index in [-0.39, 0.29) is 24.4 Å². The van der Waals surface area contributed by atoms with Gasteiger partial charge in [-0.15, -0.1) is 0 Å². The Morgan fingerprint density at radius 3 is 2.78 bits per heavy atom. The zero-order valence-electron chi connectivity index (χ0n) is 10.5. The van der Waals surface area contributed by atoms with Gasteiger partial charge in [0, 0.05) is 12.8 Å². The first-order chi connectivity index (χ1) is 8.52. The summed E-state index contributed by atoms with van der Waals surface area (Å²) < 4.78 is 13.0. The predicted molar refractivity (Wildman–Crippen MR) is 66.9 cm³/mol. The minimum atomic E-state index is -0.675. The van der Waals surface area contributed by atoms with Gasteiger partial charge in [-0.2, -0.15) is 0 Å². The Morgan fingerprint density at radius 1 is 1.44 bits per heavy atom. The molecular weight excluding hydrogens is 235 g/mol. The molecule has 0 fully saturated rings. The summed E-state index contributed by atoms with van der Waals surface area (Å²) in [5.74, 6) is -1.08. The molecule has 2 N–H and O–H groups in total. The second-order valence-corrected chi connectivity index (χ2v) is 4.47. The maximum atomic E-state index is 13.0. The van der Waals surface area contributed by atoms with Gasteiger partial charge in [-0.25, -0.2) is 4.39 Å². The number of phenols is 1. The molecule has 1 aromatic carbocycles. The van der Waals surface area contributed by atoms with Crippen LogP contribution in [0.25, 0.3) is 0 Å². The lowest BCUT2D eigenvalue weighted by Gasteiger charge is -2.08. The molecule has 0 aliphatic rings. The van der Waals surface area contributed by atoms with Crippen LogP contribution in [-0.4, -0.2) is 22.1 Å². The molecule has 0 aliphatic heterocycles. The summed E-state index contributed by atoms with van der Waals surface area (Å²) >= 11 is 0. The number of ketones is 1. The maximum Gasteiger partial charge on any atom is 0.165 e. The zero-order valence-corrected chi connectivity index (χ0v) is 10.5. The van der Waals surface area contributed by atoms with Gasteiger partial charge in [-0.05, 0) is 30.5 Å². The summed E-state index contributed by atoms with van der Waals surface area (Å²) in [7, 11) is 0. The van der Waals surface area contributed by atoms with Crippen LogP contribution < -0.4 is 0 Å². The van der Waals surface area contributed by atoms with Crippen molar-refractivity contribution < 1.29 is 19.4 Å². The predicted octanol–water partition coefficient (Wildman–Crippen LogP) is 2.58. The van der Waals surface area contributed by atoms with E-state index in [0.29, 0.717) is 18.4 Å². The van der Waals surface area contributed by atoms with E-state index >= 15 is 0 Å². The van der Waals surface area contributed by atoms with E-state index in [4.69, 9.17) is 5.11 Å². The van der Waals surface area contributed by atoms with Gasteiger partial charge < -0.3 is 10.2 Å². The molecule has 0 amide bonds. The summed E-state index contributed by atoms with van der Waals surface area (Å²) in [6, 6.07) is 4.10. The van der Waals surface area contributed by atoms with Crippen LogP contribution in [0.3, 0.4) is 0 Å². The largest absolute Gasteiger partial charge is 0.505 e. The number of aliphatic hydroxyl groups is 1. The van der Waals surface area contributed by atoms with Crippen molar-refractivity contribution in [3.05, 3.63) is 29.6 Å². The first-order valence-electron chi connectivity index (χ1n) is 6.20. The Hall–Kier alpha value is -1.42. The standard InChI is InChI=1S/C14H19FO3/c1-2-3-11(16)9-12(17)6-4-10-5-7-14(18)13(15)8-10/h5,7-8,11,16,18H,2-4,6,9H2,1H3. The number of aryl methyl sites for hydroxylation is 1. The third-order valence-electron chi connectivity index (χ3n) is 2.79. The number of aliphatic hydroxyl groups excluding tert-OH is 1. The van der Waals surface area contributed by atoms with E-state index in [0.717, 1.165) is 6.42 Å². The number of carbonyl (C=O) groups excluding carboxylic acids is 1. The van der Waals surface area contributed by atoms with Gasteiger partial charge in [0.2, 0.25) is 0 Å². The molecule has 3 nitrogen and oxygen atoms in total. The van der Waals surface area contributed by atoms with Crippen LogP contribution in [0.1, 0.15) is 38.2 Å². The van der Waals surface area contributed by atoms with E-state index in [9.17, 15) is 14.3 Å². The first-order valence-corrected chi connectivity index (χ1v) is 6.20. The number of halogens is 1. The summed E-state index contributed by atoms with van der Waals surface area (Å²) in [4.78, 5) is 11.6. The van der Waals surface area contributed by atoms with Crippen LogP contribution in [0.15, 0.2) is 18.2 Å². The molecule has 1 unspecified atom stereocenters. The van der Waals surface area contributed by atoms with E-state index in [1.807, 2.05) is 6.92 Å². The number of hydrogen-bond acceptors (Lipinski definition) is 3. The highest BCUT2D eigenvalue weighted by molar-refractivity contribution is 5.79. The van der Waals surface area contributed by atoms with E-state index in [1.54, 1.807) is 6.07 Å². The Bertz CT molecular complexity index is 404. The molecular formula is C14H19FO3. The van der Waals surface area contributed by atoms with Crippen molar-refractivity contribution >= 4 is 5.78 Å². The molecule has 0 bridgehead atoms. The van der Waals surface area contributed by atoms with Gasteiger partial charge in [0.15, 0.2) is 11.6 Å². The number of Topliss-reactive ketones (excluding diaryl/α,β-unsaturated/α-hetero) is 1. The summed E-state index contributed by atoms with van der Waals surface area (Å²) in [5.41, 5.74) is 0.670. The van der Waals surface area contributed by atoms with E-state index in [2.05, 4.69) is 0 Å². The minimum Gasteiger partial charge on any atom is -0.505 e. The van der Waals surface area contributed by atoms with Gasteiger partial charge in [0.25, 0.3) is 0 Å². The van der Waals surface area contributed by atoms with Gasteiger partial charge in [-0.1, -0.05) is 19.4 Å². The van der Waals surface area contributed by atoms with Crippen molar-refractivity contribution in [2.75, 3.05) is 0 Å². The highest BCUT2D eigenvalue weighted by Crippen LogP contribution is 2.17. The normalized spacial score (nSPS) is 12.4. The molecule has 0 heterocycles. The van der Waals surface area contributed by atoms with Crippen LogP contribution >= 0.6 is 0 Å². The van der Waals surface area contributed by atoms with Gasteiger partial charge in [-0.3, -0.25) is 4.79 Å². The molecule has 0 aromatic heterocycles. The van der Waals surface area contributed by atoms with Gasteiger partial charge in [0.1, 0.15) is 5.78 Å².